The van der Waals surface area contributed by atoms with E-state index in [-0.39, 0.29) is 0 Å². The third-order valence-electron chi connectivity index (χ3n) is 3.75. The van der Waals surface area contributed by atoms with E-state index in [1.165, 1.54) is 11.1 Å². The van der Waals surface area contributed by atoms with Crippen molar-refractivity contribution in [2.75, 3.05) is 36.5 Å². The van der Waals surface area contributed by atoms with Gasteiger partial charge >= 0.3 is 0 Å². The molecule has 2 heterocycles. The van der Waals surface area contributed by atoms with Crippen molar-refractivity contribution in [1.29, 1.82) is 0 Å². The molecule has 0 amide bonds. The first-order valence-electron chi connectivity index (χ1n) is 7.68. The molecule has 5 heteroatoms. The fourth-order valence-electron chi connectivity index (χ4n) is 2.47. The number of benzene rings is 1. The van der Waals surface area contributed by atoms with Gasteiger partial charge in [-0.15, -0.1) is 0 Å². The molecule has 3 rings (SSSR count). The van der Waals surface area contributed by atoms with Crippen LogP contribution in [0.4, 0.5) is 11.8 Å². The Kier molecular flexibility index (Phi) is 4.53. The van der Waals surface area contributed by atoms with E-state index < -0.39 is 0 Å². The summed E-state index contributed by atoms with van der Waals surface area (Å²) in [5.41, 5.74) is 3.47. The van der Waals surface area contributed by atoms with Crippen LogP contribution >= 0.6 is 0 Å². The number of nitrogens with one attached hydrogen (secondary N) is 1. The number of hydrogen-bond donors (Lipinski definition) is 1. The number of rotatable bonds is 4. The maximum Gasteiger partial charge on any atom is 0.225 e. The Bertz CT molecular complexity index is 621. The van der Waals surface area contributed by atoms with E-state index in [4.69, 9.17) is 4.74 Å². The van der Waals surface area contributed by atoms with E-state index in [0.29, 0.717) is 5.95 Å². The molecule has 0 atom stereocenters. The summed E-state index contributed by atoms with van der Waals surface area (Å²) in [5.74, 6) is 1.66. The summed E-state index contributed by atoms with van der Waals surface area (Å²) in [7, 11) is 0. The van der Waals surface area contributed by atoms with Crippen molar-refractivity contribution in [2.45, 2.75) is 20.4 Å². The SMILES string of the molecule is Cc1ccc(CNc2nc(C)cc(N3CCOCC3)n2)cc1. The molecule has 0 bridgehead atoms. The lowest BCUT2D eigenvalue weighted by Gasteiger charge is -2.28. The standard InChI is InChI=1S/C17H22N4O/c1-13-3-5-15(6-4-13)12-18-17-19-14(2)11-16(20-17)21-7-9-22-10-8-21/h3-6,11H,7-10,12H2,1-2H3,(H,18,19,20). The quantitative estimate of drug-likeness (QED) is 0.940. The fraction of sp³-hybridized carbons (Fsp3) is 0.412. The largest absolute Gasteiger partial charge is 0.378 e. The highest BCUT2D eigenvalue weighted by Gasteiger charge is 2.14. The average molecular weight is 298 g/mol. The molecular weight excluding hydrogens is 276 g/mol. The van der Waals surface area contributed by atoms with Crippen LogP contribution in [0.2, 0.25) is 0 Å². The minimum atomic E-state index is 0.682. The lowest BCUT2D eigenvalue weighted by Crippen LogP contribution is -2.37. The van der Waals surface area contributed by atoms with E-state index in [1.54, 1.807) is 0 Å². The molecule has 0 saturated carbocycles. The number of morpholine rings is 1. The number of ether oxygens (including phenoxy) is 1. The van der Waals surface area contributed by atoms with Crippen LogP contribution in [-0.4, -0.2) is 36.3 Å². The normalized spacial score (nSPS) is 14.9. The highest BCUT2D eigenvalue weighted by atomic mass is 16.5. The van der Waals surface area contributed by atoms with Crippen molar-refractivity contribution < 1.29 is 4.74 Å². The third kappa shape index (κ3) is 3.74. The smallest absolute Gasteiger partial charge is 0.225 e. The Labute approximate surface area is 131 Å². The van der Waals surface area contributed by atoms with Crippen molar-refractivity contribution >= 4 is 11.8 Å². The van der Waals surface area contributed by atoms with Crippen LogP contribution in [0.3, 0.4) is 0 Å². The molecule has 0 spiro atoms. The van der Waals surface area contributed by atoms with Gasteiger partial charge in [-0.1, -0.05) is 29.8 Å². The van der Waals surface area contributed by atoms with Crippen LogP contribution in [0, 0.1) is 13.8 Å². The predicted molar refractivity (Wildman–Crippen MR) is 88.3 cm³/mol. The summed E-state index contributed by atoms with van der Waals surface area (Å²) in [5, 5.41) is 3.32. The van der Waals surface area contributed by atoms with Gasteiger partial charge in [0, 0.05) is 31.4 Å². The van der Waals surface area contributed by atoms with Gasteiger partial charge in [0.25, 0.3) is 0 Å². The van der Waals surface area contributed by atoms with Crippen molar-refractivity contribution in [1.82, 2.24) is 9.97 Å². The molecule has 1 N–H and O–H groups in total. The predicted octanol–water partition coefficient (Wildman–Crippen LogP) is 2.54. The van der Waals surface area contributed by atoms with E-state index in [0.717, 1.165) is 44.4 Å². The van der Waals surface area contributed by atoms with Crippen LogP contribution in [0.5, 0.6) is 0 Å². The van der Waals surface area contributed by atoms with Gasteiger partial charge in [-0.3, -0.25) is 0 Å². The molecule has 5 nitrogen and oxygen atoms in total. The lowest BCUT2D eigenvalue weighted by atomic mass is 10.1. The minimum absolute atomic E-state index is 0.682. The van der Waals surface area contributed by atoms with Gasteiger partial charge < -0.3 is 15.0 Å². The average Bonchev–Trinajstić information content (AvgIpc) is 2.55. The van der Waals surface area contributed by atoms with Crippen molar-refractivity contribution in [3.63, 3.8) is 0 Å². The monoisotopic (exact) mass is 298 g/mol. The second kappa shape index (κ2) is 6.75. The molecule has 1 fully saturated rings. The molecule has 22 heavy (non-hydrogen) atoms. The van der Waals surface area contributed by atoms with Gasteiger partial charge in [-0.05, 0) is 19.4 Å². The molecule has 0 aliphatic carbocycles. The maximum atomic E-state index is 5.40. The minimum Gasteiger partial charge on any atom is -0.378 e. The number of aryl methyl sites for hydroxylation is 2. The zero-order valence-electron chi connectivity index (χ0n) is 13.2. The first-order valence-corrected chi connectivity index (χ1v) is 7.68. The Hall–Kier alpha value is -2.14. The number of hydrogen-bond acceptors (Lipinski definition) is 5. The third-order valence-corrected chi connectivity index (χ3v) is 3.75. The Morgan fingerprint density at radius 2 is 1.82 bits per heavy atom. The summed E-state index contributed by atoms with van der Waals surface area (Å²) in [6, 6.07) is 10.5. The lowest BCUT2D eigenvalue weighted by molar-refractivity contribution is 0.122. The van der Waals surface area contributed by atoms with Gasteiger partial charge in [0.15, 0.2) is 0 Å². The van der Waals surface area contributed by atoms with E-state index >= 15 is 0 Å². The van der Waals surface area contributed by atoms with E-state index in [2.05, 4.69) is 51.4 Å². The van der Waals surface area contributed by atoms with Gasteiger partial charge in [-0.25, -0.2) is 4.98 Å². The molecule has 1 aliphatic heterocycles. The molecule has 0 unspecified atom stereocenters. The molecule has 116 valence electrons. The number of aromatic nitrogens is 2. The second-order valence-electron chi connectivity index (χ2n) is 5.63. The Balaban J connectivity index is 1.70. The summed E-state index contributed by atoms with van der Waals surface area (Å²) in [6.07, 6.45) is 0. The van der Waals surface area contributed by atoms with Gasteiger partial charge in [-0.2, -0.15) is 4.98 Å². The molecule has 1 aromatic heterocycles. The summed E-state index contributed by atoms with van der Waals surface area (Å²) in [4.78, 5) is 11.4. The first-order chi connectivity index (χ1) is 10.7. The van der Waals surface area contributed by atoms with Crippen LogP contribution < -0.4 is 10.2 Å². The van der Waals surface area contributed by atoms with Crippen molar-refractivity contribution in [2.24, 2.45) is 0 Å². The molecule has 1 aromatic carbocycles. The summed E-state index contributed by atoms with van der Waals surface area (Å²) >= 11 is 0. The maximum absolute atomic E-state index is 5.40. The van der Waals surface area contributed by atoms with E-state index in [9.17, 15) is 0 Å². The van der Waals surface area contributed by atoms with E-state index in [1.807, 2.05) is 13.0 Å². The number of anilines is 2. The summed E-state index contributed by atoms with van der Waals surface area (Å²) in [6.45, 7) is 8.11. The van der Waals surface area contributed by atoms with Crippen molar-refractivity contribution in [3.05, 3.63) is 47.2 Å². The van der Waals surface area contributed by atoms with Crippen molar-refractivity contribution in [3.8, 4) is 0 Å². The van der Waals surface area contributed by atoms with Crippen LogP contribution in [0.1, 0.15) is 16.8 Å². The zero-order chi connectivity index (χ0) is 15.4. The summed E-state index contributed by atoms with van der Waals surface area (Å²) < 4.78 is 5.40. The molecular formula is C17H22N4O. The Morgan fingerprint density at radius 1 is 1.09 bits per heavy atom. The van der Waals surface area contributed by atoms with Crippen LogP contribution in [-0.2, 0) is 11.3 Å². The highest BCUT2D eigenvalue weighted by molar-refractivity contribution is 5.45. The number of nitrogens with zero attached hydrogens (tertiary/aromatic N) is 3. The van der Waals surface area contributed by atoms with Gasteiger partial charge in [0.05, 0.1) is 13.2 Å². The van der Waals surface area contributed by atoms with Gasteiger partial charge in [0.1, 0.15) is 5.82 Å². The zero-order valence-corrected chi connectivity index (χ0v) is 13.2. The molecule has 2 aromatic rings. The fourth-order valence-corrected chi connectivity index (χ4v) is 2.47. The van der Waals surface area contributed by atoms with Crippen LogP contribution in [0.15, 0.2) is 30.3 Å². The highest BCUT2D eigenvalue weighted by Crippen LogP contribution is 2.16. The molecule has 1 saturated heterocycles. The molecule has 0 radical (unpaired) electrons. The Morgan fingerprint density at radius 3 is 2.55 bits per heavy atom. The van der Waals surface area contributed by atoms with Crippen LogP contribution in [0.25, 0.3) is 0 Å². The first kappa shape index (κ1) is 14.8. The second-order valence-corrected chi connectivity index (χ2v) is 5.63. The topological polar surface area (TPSA) is 50.3 Å². The molecule has 1 aliphatic rings. The van der Waals surface area contributed by atoms with Gasteiger partial charge in [0.2, 0.25) is 5.95 Å².